The van der Waals surface area contributed by atoms with Crippen molar-refractivity contribution in [2.24, 2.45) is 17.8 Å². The number of hydrogen-bond acceptors (Lipinski definition) is 6. The zero-order valence-electron chi connectivity index (χ0n) is 14.6. The van der Waals surface area contributed by atoms with Gasteiger partial charge in [-0.15, -0.1) is 11.8 Å². The van der Waals surface area contributed by atoms with E-state index in [9.17, 15) is 9.59 Å². The second kappa shape index (κ2) is 6.30. The summed E-state index contributed by atoms with van der Waals surface area (Å²) in [5.41, 5.74) is 0. The standard InChI is InChI=1S/C19H21NO4S2/c1-2-23-13(21)9-20-18-17(26-19(20)22)15(12-4-3-7-24-12)14-10-5-6-11(8-10)16(14)25-18/h3-4,7,10-11,14-16H,2,5-6,8-9H2,1H3/t10?,11?,14?,15-,16?/m0/s1. The SMILES string of the molecule is CCOC(=O)Cn1c2c(sc1=O)[C@@H](c1ccco1)C1C3CCC(C3)C1S2. The third-order valence-corrected chi connectivity index (χ3v) is 8.96. The van der Waals surface area contributed by atoms with Crippen molar-refractivity contribution in [2.75, 3.05) is 6.61 Å². The average Bonchev–Trinajstić information content (AvgIpc) is 3.38. The number of ether oxygens (including phenoxy) is 1. The number of fused-ring (bicyclic) bond motifs is 6. The molecule has 0 N–H and O–H groups in total. The summed E-state index contributed by atoms with van der Waals surface area (Å²) >= 11 is 3.10. The molecule has 0 radical (unpaired) electrons. The van der Waals surface area contributed by atoms with Gasteiger partial charge in [-0.1, -0.05) is 11.3 Å². The van der Waals surface area contributed by atoms with Gasteiger partial charge in [0.2, 0.25) is 0 Å². The van der Waals surface area contributed by atoms with Crippen molar-refractivity contribution in [1.82, 2.24) is 4.57 Å². The van der Waals surface area contributed by atoms with Crippen LogP contribution < -0.4 is 4.87 Å². The van der Waals surface area contributed by atoms with Gasteiger partial charge in [0.25, 0.3) is 0 Å². The quantitative estimate of drug-likeness (QED) is 0.744. The van der Waals surface area contributed by atoms with Crippen LogP contribution in [-0.2, 0) is 16.1 Å². The van der Waals surface area contributed by atoms with Crippen molar-refractivity contribution >= 4 is 29.1 Å². The Kier molecular flexibility index (Phi) is 4.05. The molecule has 138 valence electrons. The summed E-state index contributed by atoms with van der Waals surface area (Å²) < 4.78 is 12.5. The fourth-order valence-electron chi connectivity index (χ4n) is 5.21. The molecule has 0 aromatic carbocycles. The summed E-state index contributed by atoms with van der Waals surface area (Å²) in [5.74, 6) is 2.72. The number of carbonyl (C=O) groups excluding carboxylic acids is 1. The Morgan fingerprint density at radius 1 is 1.38 bits per heavy atom. The van der Waals surface area contributed by atoms with Gasteiger partial charge in [-0.3, -0.25) is 14.2 Å². The number of esters is 1. The van der Waals surface area contributed by atoms with E-state index in [1.54, 1.807) is 17.8 Å². The summed E-state index contributed by atoms with van der Waals surface area (Å²) in [6, 6.07) is 3.96. The number of thiazole rings is 1. The van der Waals surface area contributed by atoms with Gasteiger partial charge < -0.3 is 9.15 Å². The molecule has 2 fully saturated rings. The topological polar surface area (TPSA) is 61.4 Å². The molecule has 0 spiro atoms. The van der Waals surface area contributed by atoms with Crippen molar-refractivity contribution in [3.8, 4) is 0 Å². The van der Waals surface area contributed by atoms with Crippen molar-refractivity contribution in [1.29, 1.82) is 0 Å². The first-order valence-electron chi connectivity index (χ1n) is 9.26. The first-order valence-corrected chi connectivity index (χ1v) is 11.0. The number of hydrogen-bond donors (Lipinski definition) is 0. The molecule has 0 amide bonds. The zero-order chi connectivity index (χ0) is 17.8. The predicted octanol–water partition coefficient (Wildman–Crippen LogP) is 3.72. The highest BCUT2D eigenvalue weighted by molar-refractivity contribution is 8.00. The van der Waals surface area contributed by atoms with Crippen LogP contribution in [0.3, 0.4) is 0 Å². The molecule has 5 rings (SSSR count). The largest absolute Gasteiger partial charge is 0.469 e. The molecule has 3 aliphatic rings. The molecule has 7 heteroatoms. The Morgan fingerprint density at radius 2 is 2.23 bits per heavy atom. The fraction of sp³-hybridized carbons (Fsp3) is 0.579. The molecule has 3 heterocycles. The lowest BCUT2D eigenvalue weighted by Gasteiger charge is -2.39. The van der Waals surface area contributed by atoms with Gasteiger partial charge in [-0.05, 0) is 56.1 Å². The maximum atomic E-state index is 12.7. The van der Waals surface area contributed by atoms with Crippen LogP contribution in [0.4, 0.5) is 0 Å². The minimum absolute atomic E-state index is 0.00185. The molecule has 26 heavy (non-hydrogen) atoms. The van der Waals surface area contributed by atoms with Gasteiger partial charge in [-0.2, -0.15) is 0 Å². The molecule has 2 aromatic rings. The number of nitrogens with zero attached hydrogens (tertiary/aromatic N) is 1. The lowest BCUT2D eigenvalue weighted by atomic mass is 9.77. The van der Waals surface area contributed by atoms with Gasteiger partial charge in [0.15, 0.2) is 0 Å². The van der Waals surface area contributed by atoms with Crippen LogP contribution >= 0.6 is 23.1 Å². The molecular weight excluding hydrogens is 370 g/mol. The highest BCUT2D eigenvalue weighted by Crippen LogP contribution is 2.63. The summed E-state index contributed by atoms with van der Waals surface area (Å²) in [6.07, 6.45) is 5.58. The van der Waals surface area contributed by atoms with E-state index in [0.717, 1.165) is 21.6 Å². The third-order valence-electron chi connectivity index (χ3n) is 6.13. The van der Waals surface area contributed by atoms with E-state index in [1.807, 2.05) is 23.9 Å². The molecule has 2 aliphatic carbocycles. The highest BCUT2D eigenvalue weighted by atomic mass is 32.2. The molecule has 4 unspecified atom stereocenters. The number of thioether (sulfide) groups is 1. The third kappa shape index (κ3) is 2.43. The molecule has 5 nitrogen and oxygen atoms in total. The van der Waals surface area contributed by atoms with E-state index in [1.165, 1.54) is 30.6 Å². The summed E-state index contributed by atoms with van der Waals surface area (Å²) in [4.78, 5) is 25.7. The lowest BCUT2D eigenvalue weighted by Crippen LogP contribution is -2.34. The molecule has 5 atom stereocenters. The van der Waals surface area contributed by atoms with E-state index < -0.39 is 0 Å². The molecule has 2 aromatic heterocycles. The molecule has 2 saturated carbocycles. The van der Waals surface area contributed by atoms with Crippen molar-refractivity contribution in [3.05, 3.63) is 38.7 Å². The van der Waals surface area contributed by atoms with E-state index in [4.69, 9.17) is 9.15 Å². The summed E-state index contributed by atoms with van der Waals surface area (Å²) in [5, 5.41) is 1.47. The van der Waals surface area contributed by atoms with Crippen LogP contribution in [0, 0.1) is 17.8 Å². The Hall–Kier alpha value is -1.47. The van der Waals surface area contributed by atoms with Crippen molar-refractivity contribution in [3.63, 3.8) is 0 Å². The van der Waals surface area contributed by atoms with E-state index in [2.05, 4.69) is 0 Å². The van der Waals surface area contributed by atoms with Crippen LogP contribution in [0.2, 0.25) is 0 Å². The van der Waals surface area contributed by atoms with Crippen molar-refractivity contribution < 1.29 is 13.9 Å². The molecule has 1 aliphatic heterocycles. The Morgan fingerprint density at radius 3 is 3.00 bits per heavy atom. The summed E-state index contributed by atoms with van der Waals surface area (Å²) in [7, 11) is 0. The smallest absolute Gasteiger partial charge is 0.326 e. The van der Waals surface area contributed by atoms with Crippen LogP contribution in [0.1, 0.15) is 42.7 Å². The van der Waals surface area contributed by atoms with E-state index in [-0.39, 0.29) is 23.3 Å². The van der Waals surface area contributed by atoms with Gasteiger partial charge in [0.1, 0.15) is 12.3 Å². The first kappa shape index (κ1) is 16.7. The first-order chi connectivity index (χ1) is 12.7. The monoisotopic (exact) mass is 391 g/mol. The van der Waals surface area contributed by atoms with Crippen LogP contribution in [0.25, 0.3) is 0 Å². The second-order valence-electron chi connectivity index (χ2n) is 7.41. The summed E-state index contributed by atoms with van der Waals surface area (Å²) in [6.45, 7) is 2.11. The minimum Gasteiger partial charge on any atom is -0.469 e. The number of rotatable bonds is 4. The predicted molar refractivity (Wildman–Crippen MR) is 99.7 cm³/mol. The van der Waals surface area contributed by atoms with Crippen LogP contribution in [-0.4, -0.2) is 22.4 Å². The van der Waals surface area contributed by atoms with Crippen molar-refractivity contribution in [2.45, 2.75) is 48.9 Å². The van der Waals surface area contributed by atoms with Gasteiger partial charge >= 0.3 is 10.8 Å². The Balaban J connectivity index is 1.60. The van der Waals surface area contributed by atoms with Gasteiger partial charge in [-0.25, -0.2) is 0 Å². The second-order valence-corrected chi connectivity index (χ2v) is 9.57. The Bertz CT molecular complexity index is 884. The molecule has 2 bridgehead atoms. The Labute approximate surface area is 159 Å². The number of aromatic nitrogens is 1. The number of furan rings is 1. The van der Waals surface area contributed by atoms with Gasteiger partial charge in [0, 0.05) is 5.25 Å². The van der Waals surface area contributed by atoms with Crippen LogP contribution in [0.5, 0.6) is 0 Å². The zero-order valence-corrected chi connectivity index (χ0v) is 16.2. The molecule has 0 saturated heterocycles. The van der Waals surface area contributed by atoms with Gasteiger partial charge in [0.05, 0.1) is 28.7 Å². The highest BCUT2D eigenvalue weighted by Gasteiger charge is 2.55. The lowest BCUT2D eigenvalue weighted by molar-refractivity contribution is -0.144. The van der Waals surface area contributed by atoms with E-state index in [0.29, 0.717) is 23.7 Å². The average molecular weight is 392 g/mol. The normalized spacial score (nSPS) is 31.7. The van der Waals surface area contributed by atoms with Crippen LogP contribution in [0.15, 0.2) is 32.6 Å². The maximum absolute atomic E-state index is 12.7. The fourth-order valence-corrected chi connectivity index (χ4v) is 8.34. The maximum Gasteiger partial charge on any atom is 0.326 e. The minimum atomic E-state index is -0.347. The number of carbonyl (C=O) groups is 1. The van der Waals surface area contributed by atoms with E-state index >= 15 is 0 Å². The molecular formula is C19H21NO4S2.